The Bertz CT molecular complexity index is 2080. The molecule has 16 nitrogen and oxygen atoms in total. The molecule has 1 heterocycles. The molecule has 336 valence electrons. The summed E-state index contributed by atoms with van der Waals surface area (Å²) in [5.74, 6) is -9.84. The number of fused-ring (bicyclic) bond motifs is 5. The first-order valence-corrected chi connectivity index (χ1v) is 20.9. The molecule has 2 aromatic carbocycles. The number of ether oxygens (including phenoxy) is 6. The number of carbonyl (C=O) groups excluding carboxylic acids is 7. The number of esters is 4. The second-order valence-electron chi connectivity index (χ2n) is 18.7. The highest BCUT2D eigenvalue weighted by atomic mass is 16.6. The van der Waals surface area contributed by atoms with Gasteiger partial charge in [-0.1, -0.05) is 76.2 Å². The van der Waals surface area contributed by atoms with Crippen LogP contribution in [0.1, 0.15) is 104 Å². The largest absolute Gasteiger partial charge is 0.459 e. The molecular formula is C46H57NO15. The number of rotatable bonds is 10. The fourth-order valence-electron chi connectivity index (χ4n) is 10.2. The maximum absolute atomic E-state index is 15.0. The predicted octanol–water partition coefficient (Wildman–Crippen LogP) is 4.36. The maximum Gasteiger partial charge on any atom is 0.408 e. The third-order valence-corrected chi connectivity index (χ3v) is 13.4. The van der Waals surface area contributed by atoms with E-state index in [-0.39, 0.29) is 25.0 Å². The zero-order valence-electron chi connectivity index (χ0n) is 36.5. The van der Waals surface area contributed by atoms with Gasteiger partial charge in [0.15, 0.2) is 5.60 Å². The minimum atomic E-state index is -2.39. The van der Waals surface area contributed by atoms with Gasteiger partial charge in [-0.3, -0.25) is 19.2 Å². The number of hydrogen-bond acceptors (Lipinski definition) is 15. The third-order valence-electron chi connectivity index (χ3n) is 13.4. The quantitative estimate of drug-likeness (QED) is 0.171. The maximum atomic E-state index is 15.0. The molecule has 3 aliphatic carbocycles. The minimum Gasteiger partial charge on any atom is -0.459 e. The number of Topliss-reactive ketones (excluding diaryl/α,β-unsaturated/α-hetero) is 2. The zero-order valence-corrected chi connectivity index (χ0v) is 36.5. The van der Waals surface area contributed by atoms with Crippen molar-refractivity contribution in [3.05, 3.63) is 71.8 Å². The summed E-state index contributed by atoms with van der Waals surface area (Å²) in [4.78, 5) is 98.1. The van der Waals surface area contributed by atoms with Crippen LogP contribution in [0.5, 0.6) is 0 Å². The van der Waals surface area contributed by atoms with Gasteiger partial charge in [0.25, 0.3) is 0 Å². The van der Waals surface area contributed by atoms with Crippen molar-refractivity contribution in [3.63, 3.8) is 0 Å². The first-order valence-electron chi connectivity index (χ1n) is 20.9. The van der Waals surface area contributed by atoms with Crippen LogP contribution < -0.4 is 5.32 Å². The van der Waals surface area contributed by atoms with Gasteiger partial charge in [0.1, 0.15) is 35.6 Å². The molecule has 62 heavy (non-hydrogen) atoms. The number of benzene rings is 2. The highest BCUT2D eigenvalue weighted by molar-refractivity contribution is 6.40. The minimum absolute atomic E-state index is 0.0631. The summed E-state index contributed by atoms with van der Waals surface area (Å²) in [6.45, 7) is 13.2. The van der Waals surface area contributed by atoms with Crippen molar-refractivity contribution < 1.29 is 72.2 Å². The van der Waals surface area contributed by atoms with Crippen molar-refractivity contribution in [2.24, 2.45) is 28.6 Å². The standard InChI is InChI=1S/C46H57NO15/c1-10-31(50)59-35(33(26-17-13-11-14-18-26)47-41(55)62-42(4,5)6)40(54)58-28-22-46(56)38(60-39(53)27-19-15-12-16-20-27)36-44(9,37(52)34(51)32(24(28)2)43(46,7)8)29(49)21-30-45(36,23-57-30)61-25(3)48/h11-20,24,28-30,32-33,35-36,38,49,56H,10,21-23H2,1-9H3,(H,47,55)/t24?,28-,29-,30+,32?,33-,35+,36?,38-,44+,45-,46+/m0/s1. The lowest BCUT2D eigenvalue weighted by molar-refractivity contribution is -0.350. The molecule has 4 fully saturated rings. The van der Waals surface area contributed by atoms with Gasteiger partial charge >= 0.3 is 30.0 Å². The molecular weight excluding hydrogens is 806 g/mol. The SMILES string of the molecule is CCC(=O)O[C@@H](C(=O)O[C@H]1C[C@@]2(O)[C@@H](OC(=O)c3ccccc3)C3[C@](C)(C(=O)C(=O)C(C1C)C2(C)C)[C@@H](O)C[C@H]1OC[C@@]31OC(C)=O)[C@@H](NC(=O)OC(C)(C)C)c1ccccc1. The molecule has 12 atom stereocenters. The van der Waals surface area contributed by atoms with Gasteiger partial charge in [-0.2, -0.15) is 0 Å². The van der Waals surface area contributed by atoms with E-state index >= 15 is 4.79 Å². The molecule has 1 aliphatic heterocycles. The lowest BCUT2D eigenvalue weighted by atomic mass is 9.42. The van der Waals surface area contributed by atoms with E-state index in [1.165, 1.54) is 39.8 Å². The molecule has 0 spiro atoms. The topological polar surface area (TPSA) is 227 Å². The van der Waals surface area contributed by atoms with Crippen molar-refractivity contribution in [1.82, 2.24) is 5.32 Å². The Morgan fingerprint density at radius 2 is 1.56 bits per heavy atom. The number of amides is 1. The molecule has 3 saturated carbocycles. The first-order chi connectivity index (χ1) is 28.9. The summed E-state index contributed by atoms with van der Waals surface area (Å²) >= 11 is 0. The van der Waals surface area contributed by atoms with E-state index in [0.717, 1.165) is 6.92 Å². The fraction of sp³-hybridized carbons (Fsp3) is 0.587. The number of hydrogen-bond donors (Lipinski definition) is 3. The number of aliphatic hydroxyl groups is 2. The summed E-state index contributed by atoms with van der Waals surface area (Å²) < 4.78 is 35.6. The summed E-state index contributed by atoms with van der Waals surface area (Å²) in [5, 5.41) is 28.1. The molecule has 4 aliphatic rings. The van der Waals surface area contributed by atoms with Crippen LogP contribution in [0.15, 0.2) is 60.7 Å². The number of alkyl carbamates (subject to hydrolysis) is 1. The molecule has 1 saturated heterocycles. The molecule has 3 unspecified atom stereocenters. The smallest absolute Gasteiger partial charge is 0.408 e. The highest BCUT2D eigenvalue weighted by Gasteiger charge is 2.79. The Morgan fingerprint density at radius 1 is 0.952 bits per heavy atom. The van der Waals surface area contributed by atoms with Crippen LogP contribution in [0.2, 0.25) is 0 Å². The predicted molar refractivity (Wildman–Crippen MR) is 217 cm³/mol. The van der Waals surface area contributed by atoms with E-state index in [1.54, 1.807) is 76.2 Å². The second kappa shape index (κ2) is 16.8. The van der Waals surface area contributed by atoms with Crippen molar-refractivity contribution in [3.8, 4) is 0 Å². The van der Waals surface area contributed by atoms with Crippen LogP contribution in [0.4, 0.5) is 4.79 Å². The normalized spacial score (nSPS) is 33.3. The molecule has 2 aromatic rings. The summed E-state index contributed by atoms with van der Waals surface area (Å²) in [6.07, 6.45) is -9.61. The van der Waals surface area contributed by atoms with Crippen LogP contribution in [0.3, 0.4) is 0 Å². The van der Waals surface area contributed by atoms with Crippen LogP contribution in [0, 0.1) is 28.6 Å². The summed E-state index contributed by atoms with van der Waals surface area (Å²) in [5.41, 5.74) is -8.48. The Hall–Kier alpha value is -5.19. The van der Waals surface area contributed by atoms with Crippen LogP contribution in [-0.4, -0.2) is 106 Å². The Balaban J connectivity index is 1.50. The second-order valence-corrected chi connectivity index (χ2v) is 18.7. The zero-order chi connectivity index (χ0) is 45.7. The van der Waals surface area contributed by atoms with Gasteiger partial charge in [-0.25, -0.2) is 14.4 Å². The highest BCUT2D eigenvalue weighted by Crippen LogP contribution is 2.64. The fourth-order valence-corrected chi connectivity index (χ4v) is 10.2. The summed E-state index contributed by atoms with van der Waals surface area (Å²) in [7, 11) is 0. The van der Waals surface area contributed by atoms with Gasteiger partial charge in [0.2, 0.25) is 17.7 Å². The lowest BCUT2D eigenvalue weighted by Gasteiger charge is -2.67. The van der Waals surface area contributed by atoms with Crippen LogP contribution in [-0.2, 0) is 52.4 Å². The molecule has 16 heteroatoms. The Kier molecular flexibility index (Phi) is 12.6. The van der Waals surface area contributed by atoms with Crippen molar-refractivity contribution in [1.29, 1.82) is 0 Å². The van der Waals surface area contributed by atoms with Crippen molar-refractivity contribution >= 4 is 41.5 Å². The third kappa shape index (κ3) is 8.00. The number of aliphatic hydroxyl groups excluding tert-OH is 1. The Morgan fingerprint density at radius 3 is 2.11 bits per heavy atom. The molecule has 6 rings (SSSR count). The van der Waals surface area contributed by atoms with E-state index in [4.69, 9.17) is 28.4 Å². The van der Waals surface area contributed by atoms with Crippen molar-refractivity contribution in [2.45, 2.75) is 135 Å². The van der Waals surface area contributed by atoms with Crippen LogP contribution in [0.25, 0.3) is 0 Å². The van der Waals surface area contributed by atoms with Crippen LogP contribution >= 0.6 is 0 Å². The lowest BCUT2D eigenvalue weighted by Crippen LogP contribution is -2.82. The number of carbonyl (C=O) groups is 7. The number of nitrogens with one attached hydrogen (secondary N) is 1. The molecule has 2 bridgehead atoms. The van der Waals surface area contributed by atoms with Gasteiger partial charge in [-0.05, 0) is 45.4 Å². The van der Waals surface area contributed by atoms with Crippen molar-refractivity contribution in [2.75, 3.05) is 6.61 Å². The number of ketones is 2. The van der Waals surface area contributed by atoms with E-state index in [2.05, 4.69) is 5.32 Å². The van der Waals surface area contributed by atoms with E-state index < -0.39 is 130 Å². The van der Waals surface area contributed by atoms with E-state index in [1.807, 2.05) is 0 Å². The summed E-state index contributed by atoms with van der Waals surface area (Å²) in [6, 6.07) is 14.6. The Labute approximate surface area is 360 Å². The van der Waals surface area contributed by atoms with Gasteiger partial charge in [0, 0.05) is 43.4 Å². The average Bonchev–Trinajstić information content (AvgIpc) is 3.20. The van der Waals surface area contributed by atoms with Gasteiger partial charge in [0.05, 0.1) is 29.6 Å². The van der Waals surface area contributed by atoms with E-state index in [0.29, 0.717) is 5.56 Å². The molecule has 0 radical (unpaired) electrons. The molecule has 3 N–H and O–H groups in total. The molecule has 0 aromatic heterocycles. The molecule has 1 amide bonds. The van der Waals surface area contributed by atoms with E-state index in [9.17, 15) is 39.0 Å². The van der Waals surface area contributed by atoms with Gasteiger partial charge < -0.3 is 44.0 Å². The van der Waals surface area contributed by atoms with Gasteiger partial charge in [-0.15, -0.1) is 0 Å². The first kappa shape index (κ1) is 46.3. The monoisotopic (exact) mass is 863 g/mol. The average molecular weight is 864 g/mol.